The molecule has 1 atom stereocenters. The number of hydrogen-bond acceptors (Lipinski definition) is 6. The predicted molar refractivity (Wildman–Crippen MR) is 126 cm³/mol. The van der Waals surface area contributed by atoms with Crippen LogP contribution in [-0.4, -0.2) is 67.4 Å². The first-order chi connectivity index (χ1) is 16.0. The van der Waals surface area contributed by atoms with Gasteiger partial charge in [-0.2, -0.15) is 0 Å². The molecule has 2 fully saturated rings. The third-order valence-electron chi connectivity index (χ3n) is 6.38. The van der Waals surface area contributed by atoms with Gasteiger partial charge in [-0.15, -0.1) is 0 Å². The smallest absolute Gasteiger partial charge is 0.233 e. The Hall–Kier alpha value is -2.62. The van der Waals surface area contributed by atoms with Crippen LogP contribution in [-0.2, 0) is 14.8 Å². The highest BCUT2D eigenvalue weighted by Gasteiger charge is 2.33. The van der Waals surface area contributed by atoms with Gasteiger partial charge in [-0.25, -0.2) is 17.8 Å². The minimum atomic E-state index is -3.69. The lowest BCUT2D eigenvalue weighted by Crippen LogP contribution is -2.44. The van der Waals surface area contributed by atoms with Gasteiger partial charge in [-0.1, -0.05) is 42.5 Å². The SMILES string of the molecule is O=CN(O)C(CS(=O)(=O)N1CCC(Oc2ccccc2N2CCCC2)CC1)c1ccccc1. The number of carbonyl (C=O) groups excluding carboxylic acids is 1. The number of ether oxygens (including phenoxy) is 1. The van der Waals surface area contributed by atoms with Crippen molar-refractivity contribution in [1.29, 1.82) is 0 Å². The number of rotatable bonds is 9. The zero-order chi connectivity index (χ0) is 23.3. The van der Waals surface area contributed by atoms with Crippen LogP contribution in [0, 0.1) is 0 Å². The summed E-state index contributed by atoms with van der Waals surface area (Å²) in [5.41, 5.74) is 1.67. The molecule has 1 N–H and O–H groups in total. The fourth-order valence-corrected chi connectivity index (χ4v) is 6.28. The lowest BCUT2D eigenvalue weighted by molar-refractivity contribution is -0.159. The molecule has 8 nitrogen and oxygen atoms in total. The summed E-state index contributed by atoms with van der Waals surface area (Å²) in [7, 11) is -3.69. The van der Waals surface area contributed by atoms with Gasteiger partial charge < -0.3 is 9.64 Å². The number of nitrogens with zero attached hydrogens (tertiary/aromatic N) is 3. The van der Waals surface area contributed by atoms with Gasteiger partial charge in [0.15, 0.2) is 0 Å². The van der Waals surface area contributed by atoms with E-state index in [1.807, 2.05) is 18.2 Å². The molecule has 178 valence electrons. The highest BCUT2D eigenvalue weighted by atomic mass is 32.2. The molecule has 2 saturated heterocycles. The normalized spacial score (nSPS) is 18.8. The molecule has 33 heavy (non-hydrogen) atoms. The van der Waals surface area contributed by atoms with Crippen LogP contribution in [0.4, 0.5) is 5.69 Å². The fraction of sp³-hybridized carbons (Fsp3) is 0.458. The number of benzene rings is 2. The molecule has 2 aromatic rings. The molecule has 2 heterocycles. The van der Waals surface area contributed by atoms with E-state index in [1.165, 1.54) is 17.1 Å². The van der Waals surface area contributed by atoms with Crippen molar-refractivity contribution in [3.05, 3.63) is 60.2 Å². The van der Waals surface area contributed by atoms with E-state index >= 15 is 0 Å². The zero-order valence-corrected chi connectivity index (χ0v) is 19.4. The first-order valence-corrected chi connectivity index (χ1v) is 13.0. The molecule has 1 unspecified atom stereocenters. The van der Waals surface area contributed by atoms with Gasteiger partial charge in [-0.05, 0) is 43.4 Å². The van der Waals surface area contributed by atoms with E-state index in [0.717, 1.165) is 24.5 Å². The monoisotopic (exact) mass is 473 g/mol. The number of piperidine rings is 1. The molecule has 0 bridgehead atoms. The number of carbonyl (C=O) groups is 1. The molecule has 2 aliphatic rings. The first kappa shape index (κ1) is 23.5. The van der Waals surface area contributed by atoms with Gasteiger partial charge in [0, 0.05) is 26.2 Å². The van der Waals surface area contributed by atoms with E-state index in [-0.39, 0.29) is 18.3 Å². The maximum absolute atomic E-state index is 13.1. The van der Waals surface area contributed by atoms with Crippen molar-refractivity contribution in [1.82, 2.24) is 9.37 Å². The minimum absolute atomic E-state index is 0.0607. The fourth-order valence-electron chi connectivity index (χ4n) is 4.56. The van der Waals surface area contributed by atoms with Crippen LogP contribution in [0.15, 0.2) is 54.6 Å². The molecule has 0 spiro atoms. The van der Waals surface area contributed by atoms with Crippen LogP contribution >= 0.6 is 0 Å². The minimum Gasteiger partial charge on any atom is -0.488 e. The number of sulfonamides is 1. The second-order valence-electron chi connectivity index (χ2n) is 8.57. The van der Waals surface area contributed by atoms with Gasteiger partial charge in [0.25, 0.3) is 0 Å². The third kappa shape index (κ3) is 5.66. The second-order valence-corrected chi connectivity index (χ2v) is 10.6. The Balaban J connectivity index is 1.38. The maximum Gasteiger partial charge on any atom is 0.233 e. The summed E-state index contributed by atoms with van der Waals surface area (Å²) < 4.78 is 34.0. The topological polar surface area (TPSA) is 90.4 Å². The molecule has 0 radical (unpaired) electrons. The summed E-state index contributed by atoms with van der Waals surface area (Å²) in [5, 5.41) is 10.4. The number of para-hydroxylation sites is 2. The lowest BCUT2D eigenvalue weighted by atomic mass is 10.1. The molecule has 2 aliphatic heterocycles. The number of anilines is 1. The van der Waals surface area contributed by atoms with Gasteiger partial charge in [0.05, 0.1) is 17.5 Å². The van der Waals surface area contributed by atoms with E-state index in [9.17, 15) is 18.4 Å². The quantitative estimate of drug-likeness (QED) is 0.342. The standard InChI is InChI=1S/C24H31N3O5S/c28-19-27(29)23(20-8-2-1-3-9-20)18-33(30,31)26-16-12-21(13-17-26)32-24-11-5-4-10-22(24)25-14-6-7-15-25/h1-5,8-11,19,21,23,29H,6-7,12-18H2. The molecular formula is C24H31N3O5S. The van der Waals surface area contributed by atoms with Crippen LogP contribution in [0.25, 0.3) is 0 Å². The van der Waals surface area contributed by atoms with Crippen LogP contribution in [0.3, 0.4) is 0 Å². The first-order valence-electron chi connectivity index (χ1n) is 11.4. The highest BCUT2D eigenvalue weighted by Crippen LogP contribution is 2.33. The van der Waals surface area contributed by atoms with E-state index in [0.29, 0.717) is 36.6 Å². The highest BCUT2D eigenvalue weighted by molar-refractivity contribution is 7.89. The molecule has 1 amide bonds. The lowest BCUT2D eigenvalue weighted by Gasteiger charge is -2.34. The Morgan fingerprint density at radius 1 is 1.00 bits per heavy atom. The van der Waals surface area contributed by atoms with Crippen LogP contribution < -0.4 is 9.64 Å². The van der Waals surface area contributed by atoms with E-state index in [4.69, 9.17) is 4.74 Å². The summed E-state index contributed by atoms with van der Waals surface area (Å²) in [6, 6.07) is 15.8. The Labute approximate surface area is 195 Å². The molecule has 9 heteroatoms. The van der Waals surface area contributed by atoms with Crippen molar-refractivity contribution in [3.8, 4) is 5.75 Å². The average molecular weight is 474 g/mol. The van der Waals surface area contributed by atoms with Crippen molar-refractivity contribution in [2.24, 2.45) is 0 Å². The van der Waals surface area contributed by atoms with Crippen molar-refractivity contribution in [2.75, 3.05) is 36.8 Å². The Bertz CT molecular complexity index is 1020. The molecule has 0 saturated carbocycles. The van der Waals surface area contributed by atoms with Gasteiger partial charge >= 0.3 is 0 Å². The van der Waals surface area contributed by atoms with Crippen molar-refractivity contribution >= 4 is 22.1 Å². The summed E-state index contributed by atoms with van der Waals surface area (Å²) in [6.45, 7) is 2.74. The van der Waals surface area contributed by atoms with Gasteiger partial charge in [-0.3, -0.25) is 10.0 Å². The zero-order valence-electron chi connectivity index (χ0n) is 18.6. The second kappa shape index (κ2) is 10.5. The summed E-state index contributed by atoms with van der Waals surface area (Å²) in [4.78, 5) is 13.5. The maximum atomic E-state index is 13.1. The van der Waals surface area contributed by atoms with Gasteiger partial charge in [0.2, 0.25) is 16.4 Å². The van der Waals surface area contributed by atoms with E-state index in [2.05, 4.69) is 11.0 Å². The predicted octanol–water partition coefficient (Wildman–Crippen LogP) is 3.05. The Kier molecular flexibility index (Phi) is 7.52. The molecule has 0 aromatic heterocycles. The molecule has 4 rings (SSSR count). The Morgan fingerprint density at radius 2 is 1.64 bits per heavy atom. The van der Waals surface area contributed by atoms with Crippen molar-refractivity contribution in [2.45, 2.75) is 37.8 Å². The van der Waals surface area contributed by atoms with Crippen LogP contribution in [0.5, 0.6) is 5.75 Å². The molecule has 2 aromatic carbocycles. The Morgan fingerprint density at radius 3 is 2.30 bits per heavy atom. The largest absolute Gasteiger partial charge is 0.488 e. The van der Waals surface area contributed by atoms with Gasteiger partial charge in [0.1, 0.15) is 11.9 Å². The van der Waals surface area contributed by atoms with Crippen molar-refractivity contribution in [3.63, 3.8) is 0 Å². The number of amides is 1. The third-order valence-corrected chi connectivity index (χ3v) is 8.27. The summed E-state index contributed by atoms with van der Waals surface area (Å²) in [6.07, 6.45) is 3.72. The van der Waals surface area contributed by atoms with Crippen LogP contribution in [0.2, 0.25) is 0 Å². The number of hydrogen-bond donors (Lipinski definition) is 1. The molecular weight excluding hydrogens is 442 g/mol. The van der Waals surface area contributed by atoms with Crippen molar-refractivity contribution < 1.29 is 23.2 Å². The van der Waals surface area contributed by atoms with Crippen LogP contribution in [0.1, 0.15) is 37.3 Å². The average Bonchev–Trinajstić information content (AvgIpc) is 3.38. The molecule has 0 aliphatic carbocycles. The van der Waals surface area contributed by atoms with E-state index in [1.54, 1.807) is 30.3 Å². The summed E-state index contributed by atoms with van der Waals surface area (Å²) >= 11 is 0. The van der Waals surface area contributed by atoms with E-state index < -0.39 is 16.1 Å². The summed E-state index contributed by atoms with van der Waals surface area (Å²) in [5.74, 6) is 0.474. The number of hydroxylamine groups is 2.